The Balaban J connectivity index is 1.99. The van der Waals surface area contributed by atoms with E-state index >= 15 is 0 Å². The van der Waals surface area contributed by atoms with Crippen LogP contribution >= 0.6 is 15.9 Å². The van der Waals surface area contributed by atoms with Gasteiger partial charge in [0.15, 0.2) is 0 Å². The number of pyridine rings is 1. The molecule has 0 fully saturated rings. The standard InChI is InChI=1S/C17H16BrN3O4/c1-10(22)21-17(11-6-12(18)9-19-8-11)25-16(20-21)14-5-4-13(23-2)7-15(14)24-3/h4-9,17H,1-3H3/t17-/m0/s1. The third kappa shape index (κ3) is 3.43. The number of carbonyl (C=O) groups excluding carboxylic acids is 1. The number of carbonyl (C=O) groups is 1. The van der Waals surface area contributed by atoms with E-state index in [-0.39, 0.29) is 5.91 Å². The summed E-state index contributed by atoms with van der Waals surface area (Å²) >= 11 is 3.37. The Morgan fingerprint density at radius 1 is 1.24 bits per heavy atom. The highest BCUT2D eigenvalue weighted by atomic mass is 79.9. The molecule has 1 aromatic heterocycles. The predicted octanol–water partition coefficient (Wildman–Crippen LogP) is 3.10. The Labute approximate surface area is 153 Å². The molecule has 7 nitrogen and oxygen atoms in total. The van der Waals surface area contributed by atoms with E-state index in [1.807, 2.05) is 6.07 Å². The second-order valence-electron chi connectivity index (χ2n) is 5.24. The molecule has 1 aliphatic heterocycles. The molecule has 130 valence electrons. The molecule has 0 unspecified atom stereocenters. The van der Waals surface area contributed by atoms with E-state index in [1.165, 1.54) is 11.9 Å². The first-order chi connectivity index (χ1) is 12.0. The lowest BCUT2D eigenvalue weighted by atomic mass is 10.2. The Kier molecular flexibility index (Phi) is 4.89. The summed E-state index contributed by atoms with van der Waals surface area (Å²) < 4.78 is 17.3. The van der Waals surface area contributed by atoms with Crippen molar-refractivity contribution in [3.05, 3.63) is 52.3 Å². The van der Waals surface area contributed by atoms with Crippen LogP contribution < -0.4 is 9.47 Å². The van der Waals surface area contributed by atoms with Gasteiger partial charge in [-0.1, -0.05) is 0 Å². The summed E-state index contributed by atoms with van der Waals surface area (Å²) in [6.45, 7) is 1.43. The van der Waals surface area contributed by atoms with E-state index in [9.17, 15) is 4.79 Å². The number of hydrazone groups is 1. The van der Waals surface area contributed by atoms with Crippen molar-refractivity contribution in [1.29, 1.82) is 0 Å². The van der Waals surface area contributed by atoms with Crippen LogP contribution in [0.3, 0.4) is 0 Å². The average Bonchev–Trinajstić information content (AvgIpc) is 3.06. The normalized spacial score (nSPS) is 16.2. The molecule has 0 radical (unpaired) electrons. The summed E-state index contributed by atoms with van der Waals surface area (Å²) in [5, 5.41) is 5.60. The Bertz CT molecular complexity index is 840. The van der Waals surface area contributed by atoms with Gasteiger partial charge in [0.25, 0.3) is 0 Å². The molecule has 2 aromatic rings. The van der Waals surface area contributed by atoms with Crippen LogP contribution in [0, 0.1) is 0 Å². The van der Waals surface area contributed by atoms with Crippen LogP contribution in [0.4, 0.5) is 0 Å². The van der Waals surface area contributed by atoms with Gasteiger partial charge < -0.3 is 14.2 Å². The van der Waals surface area contributed by atoms with Crippen LogP contribution in [-0.4, -0.2) is 36.0 Å². The molecule has 0 saturated heterocycles. The molecule has 1 atom stereocenters. The maximum absolute atomic E-state index is 12.0. The minimum absolute atomic E-state index is 0.243. The maximum Gasteiger partial charge on any atom is 0.244 e. The lowest BCUT2D eigenvalue weighted by Crippen LogP contribution is -2.25. The van der Waals surface area contributed by atoms with Crippen molar-refractivity contribution in [2.45, 2.75) is 13.2 Å². The fourth-order valence-corrected chi connectivity index (χ4v) is 2.81. The lowest BCUT2D eigenvalue weighted by Gasteiger charge is -2.19. The highest BCUT2D eigenvalue weighted by Gasteiger charge is 2.34. The molecule has 25 heavy (non-hydrogen) atoms. The molecular formula is C17H16BrN3O4. The second-order valence-corrected chi connectivity index (χ2v) is 6.16. The third-order valence-electron chi connectivity index (χ3n) is 3.62. The van der Waals surface area contributed by atoms with Crippen LogP contribution in [0.1, 0.15) is 24.3 Å². The fraction of sp³-hybridized carbons (Fsp3) is 0.235. The fourth-order valence-electron chi connectivity index (χ4n) is 2.43. The molecule has 3 rings (SSSR count). The molecule has 1 amide bonds. The highest BCUT2D eigenvalue weighted by Crippen LogP contribution is 2.34. The zero-order valence-corrected chi connectivity index (χ0v) is 15.5. The number of aromatic nitrogens is 1. The number of halogens is 1. The van der Waals surface area contributed by atoms with Crippen molar-refractivity contribution in [3.8, 4) is 11.5 Å². The van der Waals surface area contributed by atoms with Crippen LogP contribution in [0.25, 0.3) is 0 Å². The monoisotopic (exact) mass is 405 g/mol. The van der Waals surface area contributed by atoms with Gasteiger partial charge in [0.1, 0.15) is 11.5 Å². The molecule has 2 heterocycles. The molecule has 0 spiro atoms. The molecule has 8 heteroatoms. The molecule has 0 bridgehead atoms. The van der Waals surface area contributed by atoms with E-state index in [1.54, 1.807) is 44.8 Å². The van der Waals surface area contributed by atoms with Crippen LogP contribution in [0.15, 0.2) is 46.2 Å². The maximum atomic E-state index is 12.0. The second kappa shape index (κ2) is 7.10. The van der Waals surface area contributed by atoms with Crippen LogP contribution in [-0.2, 0) is 9.53 Å². The zero-order chi connectivity index (χ0) is 18.0. The number of benzene rings is 1. The number of methoxy groups -OCH3 is 2. The SMILES string of the molecule is COc1ccc(C2=NN(C(C)=O)[C@H](c3cncc(Br)c3)O2)c(OC)c1. The van der Waals surface area contributed by atoms with Crippen molar-refractivity contribution < 1.29 is 19.0 Å². The molecule has 0 saturated carbocycles. The van der Waals surface area contributed by atoms with E-state index in [2.05, 4.69) is 26.0 Å². The van der Waals surface area contributed by atoms with E-state index in [0.29, 0.717) is 28.5 Å². The van der Waals surface area contributed by atoms with Gasteiger partial charge in [-0.15, -0.1) is 5.10 Å². The van der Waals surface area contributed by atoms with Gasteiger partial charge in [0, 0.05) is 35.4 Å². The van der Waals surface area contributed by atoms with E-state index < -0.39 is 6.23 Å². The van der Waals surface area contributed by atoms with E-state index in [0.717, 1.165) is 4.47 Å². The average molecular weight is 406 g/mol. The number of amides is 1. The number of ether oxygens (including phenoxy) is 3. The van der Waals surface area contributed by atoms with Crippen molar-refractivity contribution in [3.63, 3.8) is 0 Å². The van der Waals surface area contributed by atoms with Crippen molar-refractivity contribution >= 4 is 27.7 Å². The number of hydrogen-bond acceptors (Lipinski definition) is 6. The van der Waals surface area contributed by atoms with Crippen molar-refractivity contribution in [1.82, 2.24) is 9.99 Å². The van der Waals surface area contributed by atoms with Gasteiger partial charge in [-0.05, 0) is 34.1 Å². The van der Waals surface area contributed by atoms with Gasteiger partial charge >= 0.3 is 0 Å². The van der Waals surface area contributed by atoms with Crippen LogP contribution in [0.2, 0.25) is 0 Å². The Morgan fingerprint density at radius 3 is 2.68 bits per heavy atom. The quantitative estimate of drug-likeness (QED) is 0.780. The van der Waals surface area contributed by atoms with Gasteiger partial charge in [-0.25, -0.2) is 0 Å². The van der Waals surface area contributed by atoms with Crippen molar-refractivity contribution in [2.75, 3.05) is 14.2 Å². The summed E-state index contributed by atoms with van der Waals surface area (Å²) in [5.74, 6) is 1.23. The van der Waals surface area contributed by atoms with Crippen molar-refractivity contribution in [2.24, 2.45) is 5.10 Å². The zero-order valence-electron chi connectivity index (χ0n) is 13.9. The lowest BCUT2D eigenvalue weighted by molar-refractivity contribution is -0.135. The molecule has 0 N–H and O–H groups in total. The molecule has 0 aliphatic carbocycles. The summed E-state index contributed by atoms with van der Waals surface area (Å²) in [4.78, 5) is 16.1. The topological polar surface area (TPSA) is 73.2 Å². The minimum Gasteiger partial charge on any atom is -0.497 e. The molecule has 1 aromatic carbocycles. The number of nitrogens with zero attached hydrogens (tertiary/aromatic N) is 3. The highest BCUT2D eigenvalue weighted by molar-refractivity contribution is 9.10. The van der Waals surface area contributed by atoms with Gasteiger partial charge in [-0.3, -0.25) is 9.78 Å². The third-order valence-corrected chi connectivity index (χ3v) is 4.05. The summed E-state index contributed by atoms with van der Waals surface area (Å²) in [6.07, 6.45) is 2.60. The number of rotatable bonds is 4. The van der Waals surface area contributed by atoms with Gasteiger partial charge in [0.2, 0.25) is 18.0 Å². The predicted molar refractivity (Wildman–Crippen MR) is 94.4 cm³/mol. The first-order valence-corrected chi connectivity index (χ1v) is 8.20. The number of hydrogen-bond donors (Lipinski definition) is 0. The largest absolute Gasteiger partial charge is 0.497 e. The van der Waals surface area contributed by atoms with E-state index in [4.69, 9.17) is 14.2 Å². The Morgan fingerprint density at radius 2 is 2.04 bits per heavy atom. The first kappa shape index (κ1) is 17.2. The Hall–Kier alpha value is -2.61. The molecule has 1 aliphatic rings. The first-order valence-electron chi connectivity index (χ1n) is 7.41. The van der Waals surface area contributed by atoms with Crippen LogP contribution in [0.5, 0.6) is 11.5 Å². The summed E-state index contributed by atoms with van der Waals surface area (Å²) in [7, 11) is 3.12. The minimum atomic E-state index is -0.690. The summed E-state index contributed by atoms with van der Waals surface area (Å²) in [6, 6.07) is 7.11. The molecular weight excluding hydrogens is 390 g/mol. The summed E-state index contributed by atoms with van der Waals surface area (Å²) in [5.41, 5.74) is 1.33. The van der Waals surface area contributed by atoms with Gasteiger partial charge in [-0.2, -0.15) is 5.01 Å². The van der Waals surface area contributed by atoms with Gasteiger partial charge in [0.05, 0.1) is 19.8 Å². The smallest absolute Gasteiger partial charge is 0.244 e.